The summed E-state index contributed by atoms with van der Waals surface area (Å²) in [4.78, 5) is 44.7. The molecule has 0 spiro atoms. The third kappa shape index (κ3) is 6.05. The van der Waals surface area contributed by atoms with Crippen LogP contribution in [0.15, 0.2) is 29.8 Å². The van der Waals surface area contributed by atoms with Crippen LogP contribution in [0.5, 0.6) is 0 Å². The van der Waals surface area contributed by atoms with Crippen LogP contribution in [0.1, 0.15) is 45.4 Å². The number of likely N-dealkylation sites (tertiary alicyclic amines) is 1. The maximum Gasteiger partial charge on any atom is 0.246 e. The fourth-order valence-corrected chi connectivity index (χ4v) is 4.85. The second-order valence-electron chi connectivity index (χ2n) is 9.85. The second-order valence-corrected chi connectivity index (χ2v) is 10.7. The molecule has 1 aromatic carbocycles. The maximum absolute atomic E-state index is 14.9. The Morgan fingerprint density at radius 3 is 2.46 bits per heavy atom. The molecular weight excluding hydrogens is 471 g/mol. The minimum Gasteiger partial charge on any atom is -0.388 e. The van der Waals surface area contributed by atoms with Gasteiger partial charge in [0.25, 0.3) is 0 Å². The number of aliphatic hydroxyl groups is 1. The lowest BCUT2D eigenvalue weighted by atomic mass is 9.85. The Hall–Kier alpha value is -2.85. The van der Waals surface area contributed by atoms with Gasteiger partial charge in [-0.05, 0) is 23.5 Å². The van der Waals surface area contributed by atoms with E-state index in [1.807, 2.05) is 31.2 Å². The number of hydrogen-bond acceptors (Lipinski definition) is 6. The van der Waals surface area contributed by atoms with Crippen molar-refractivity contribution in [2.75, 3.05) is 6.54 Å². The van der Waals surface area contributed by atoms with Gasteiger partial charge in [0, 0.05) is 13.0 Å². The van der Waals surface area contributed by atoms with Gasteiger partial charge < -0.3 is 20.6 Å². The molecule has 1 aliphatic heterocycles. The highest BCUT2D eigenvalue weighted by atomic mass is 32.1. The first kappa shape index (κ1) is 26.7. The normalized spacial score (nSPS) is 21.0. The van der Waals surface area contributed by atoms with Crippen molar-refractivity contribution in [2.45, 2.75) is 71.9 Å². The van der Waals surface area contributed by atoms with E-state index in [9.17, 15) is 23.9 Å². The summed E-state index contributed by atoms with van der Waals surface area (Å²) < 4.78 is 14.9. The van der Waals surface area contributed by atoms with Crippen LogP contribution in [0.25, 0.3) is 10.4 Å². The highest BCUT2D eigenvalue weighted by Crippen LogP contribution is 2.29. The SMILES string of the molecule is CCC(=O)N[C@H](C(=O)N1C[C@H](O)[C@H](F)[C@H]1C(=O)NCc1ccc(-c2scnc2C)cc1)C(C)(C)C. The van der Waals surface area contributed by atoms with E-state index >= 15 is 0 Å². The van der Waals surface area contributed by atoms with Crippen LogP contribution in [0.4, 0.5) is 4.39 Å². The number of carbonyl (C=O) groups excluding carboxylic acids is 3. The number of carbonyl (C=O) groups is 3. The molecule has 1 aliphatic rings. The fraction of sp³-hybridized carbons (Fsp3) is 0.520. The number of amides is 3. The monoisotopic (exact) mass is 504 g/mol. The highest BCUT2D eigenvalue weighted by molar-refractivity contribution is 7.13. The van der Waals surface area contributed by atoms with E-state index in [2.05, 4.69) is 15.6 Å². The van der Waals surface area contributed by atoms with Crippen molar-refractivity contribution < 1.29 is 23.9 Å². The number of aliphatic hydroxyl groups excluding tert-OH is 1. The van der Waals surface area contributed by atoms with Gasteiger partial charge in [-0.25, -0.2) is 9.37 Å². The zero-order valence-corrected chi connectivity index (χ0v) is 21.5. The van der Waals surface area contributed by atoms with Gasteiger partial charge in [0.05, 0.1) is 22.6 Å². The highest BCUT2D eigenvalue weighted by Gasteiger charge is 2.50. The molecule has 0 aliphatic carbocycles. The summed E-state index contributed by atoms with van der Waals surface area (Å²) in [5.74, 6) is -1.62. The number of nitrogens with one attached hydrogen (secondary N) is 2. The number of nitrogens with zero attached hydrogens (tertiary/aromatic N) is 2. The third-order valence-electron chi connectivity index (χ3n) is 6.11. The summed E-state index contributed by atoms with van der Waals surface area (Å²) in [5.41, 5.74) is 3.87. The van der Waals surface area contributed by atoms with E-state index in [1.165, 1.54) is 0 Å². The molecule has 10 heteroatoms. The Morgan fingerprint density at radius 2 is 1.91 bits per heavy atom. The van der Waals surface area contributed by atoms with Crippen LogP contribution < -0.4 is 10.6 Å². The maximum atomic E-state index is 14.9. The molecule has 1 fully saturated rings. The minimum absolute atomic E-state index is 0.136. The van der Waals surface area contributed by atoms with Gasteiger partial charge in [-0.15, -0.1) is 11.3 Å². The Balaban J connectivity index is 1.72. The lowest BCUT2D eigenvalue weighted by molar-refractivity contribution is -0.144. The van der Waals surface area contributed by atoms with Gasteiger partial charge in [-0.3, -0.25) is 14.4 Å². The van der Waals surface area contributed by atoms with Crippen LogP contribution in [-0.4, -0.2) is 63.6 Å². The van der Waals surface area contributed by atoms with E-state index in [-0.39, 0.29) is 25.4 Å². The number of alkyl halides is 1. The smallest absolute Gasteiger partial charge is 0.246 e. The summed E-state index contributed by atoms with van der Waals surface area (Å²) in [6.45, 7) is 8.74. The number of rotatable bonds is 7. The molecule has 0 bridgehead atoms. The number of benzene rings is 1. The summed E-state index contributed by atoms with van der Waals surface area (Å²) in [5, 5.41) is 15.5. The molecule has 3 amide bonds. The average molecular weight is 505 g/mol. The van der Waals surface area contributed by atoms with Gasteiger partial charge in [0.15, 0.2) is 6.17 Å². The predicted molar refractivity (Wildman–Crippen MR) is 132 cm³/mol. The molecule has 8 nitrogen and oxygen atoms in total. The Morgan fingerprint density at radius 1 is 1.26 bits per heavy atom. The topological polar surface area (TPSA) is 112 Å². The molecule has 4 atom stereocenters. The van der Waals surface area contributed by atoms with Gasteiger partial charge in [0.2, 0.25) is 17.7 Å². The molecule has 0 radical (unpaired) electrons. The first-order chi connectivity index (χ1) is 16.4. The summed E-state index contributed by atoms with van der Waals surface area (Å²) in [6, 6.07) is 5.14. The Labute approximate surface area is 208 Å². The van der Waals surface area contributed by atoms with Crippen molar-refractivity contribution in [3.63, 3.8) is 0 Å². The molecular formula is C25H33FN4O4S. The van der Waals surface area contributed by atoms with E-state index in [0.717, 1.165) is 26.6 Å². The molecule has 35 heavy (non-hydrogen) atoms. The van der Waals surface area contributed by atoms with E-state index in [1.54, 1.807) is 44.5 Å². The van der Waals surface area contributed by atoms with Gasteiger partial charge in [-0.2, -0.15) is 0 Å². The number of hydrogen-bond donors (Lipinski definition) is 3. The molecule has 0 unspecified atom stereocenters. The zero-order valence-electron chi connectivity index (χ0n) is 20.7. The van der Waals surface area contributed by atoms with Crippen molar-refractivity contribution in [3.05, 3.63) is 41.0 Å². The molecule has 2 aromatic rings. The van der Waals surface area contributed by atoms with Crippen molar-refractivity contribution in [1.29, 1.82) is 0 Å². The van der Waals surface area contributed by atoms with Crippen LogP contribution in [0, 0.1) is 12.3 Å². The van der Waals surface area contributed by atoms with E-state index < -0.39 is 41.6 Å². The fourth-order valence-electron chi connectivity index (χ4n) is 4.04. The lowest BCUT2D eigenvalue weighted by Crippen LogP contribution is -2.58. The average Bonchev–Trinajstić information content (AvgIpc) is 3.37. The quantitative estimate of drug-likeness (QED) is 0.537. The number of aryl methyl sites for hydroxylation is 1. The lowest BCUT2D eigenvalue weighted by Gasteiger charge is -2.35. The molecule has 2 heterocycles. The van der Waals surface area contributed by atoms with Crippen LogP contribution in [0.3, 0.4) is 0 Å². The summed E-state index contributed by atoms with van der Waals surface area (Å²) in [7, 11) is 0. The van der Waals surface area contributed by atoms with Crippen molar-refractivity contribution in [2.24, 2.45) is 5.41 Å². The molecule has 1 saturated heterocycles. The van der Waals surface area contributed by atoms with Crippen LogP contribution in [0.2, 0.25) is 0 Å². The molecule has 3 rings (SSSR count). The van der Waals surface area contributed by atoms with Gasteiger partial charge >= 0.3 is 0 Å². The molecule has 3 N–H and O–H groups in total. The molecule has 0 saturated carbocycles. The molecule has 1 aromatic heterocycles. The summed E-state index contributed by atoms with van der Waals surface area (Å²) >= 11 is 1.55. The molecule has 190 valence electrons. The minimum atomic E-state index is -1.93. The Bertz CT molecular complexity index is 1070. The first-order valence-corrected chi connectivity index (χ1v) is 12.5. The zero-order chi connectivity index (χ0) is 25.9. The number of thiazole rings is 1. The Kier molecular flexibility index (Phi) is 8.27. The van der Waals surface area contributed by atoms with Gasteiger partial charge in [-0.1, -0.05) is 52.0 Å². The van der Waals surface area contributed by atoms with Crippen LogP contribution >= 0.6 is 11.3 Å². The number of halogens is 1. The van der Waals surface area contributed by atoms with Crippen molar-refractivity contribution in [1.82, 2.24) is 20.5 Å². The second kappa shape index (κ2) is 10.8. The standard InChI is InChI=1S/C25H33FN4O4S/c1-6-18(32)29-22(25(3,4)5)24(34)30-12-17(31)19(26)20(30)23(33)27-11-15-7-9-16(10-8-15)21-14(2)28-13-35-21/h7-10,13,17,19-20,22,31H,6,11-12H2,1-5H3,(H,27,33)(H,29,32)/t17-,19-,20-,22+/m0/s1. The predicted octanol–water partition coefficient (Wildman–Crippen LogP) is 2.59. The third-order valence-corrected chi connectivity index (χ3v) is 7.09. The van der Waals surface area contributed by atoms with Crippen molar-refractivity contribution in [3.8, 4) is 10.4 Å². The van der Waals surface area contributed by atoms with Crippen LogP contribution in [-0.2, 0) is 20.9 Å². The van der Waals surface area contributed by atoms with E-state index in [0.29, 0.717) is 0 Å². The largest absolute Gasteiger partial charge is 0.388 e. The van der Waals surface area contributed by atoms with Gasteiger partial charge in [0.1, 0.15) is 18.2 Å². The van der Waals surface area contributed by atoms with E-state index in [4.69, 9.17) is 0 Å². The number of β-amino-alcohol motifs (C(OH)–C–C–N with tert-alkyl or cyclic N) is 1. The van der Waals surface area contributed by atoms with Crippen molar-refractivity contribution >= 4 is 29.1 Å². The summed E-state index contributed by atoms with van der Waals surface area (Å²) in [6.07, 6.45) is -3.24. The number of aromatic nitrogens is 1. The first-order valence-electron chi connectivity index (χ1n) is 11.6.